The van der Waals surface area contributed by atoms with E-state index in [-0.39, 0.29) is 5.69 Å². The lowest BCUT2D eigenvalue weighted by molar-refractivity contribution is -0.271. The molecule has 96 valence electrons. The van der Waals surface area contributed by atoms with Gasteiger partial charge in [0.1, 0.15) is 0 Å². The number of rotatable bonds is 3. The van der Waals surface area contributed by atoms with Crippen LogP contribution in [0.4, 0.5) is 13.2 Å². The highest BCUT2D eigenvalue weighted by molar-refractivity contribution is 5.68. The maximum Gasteiger partial charge on any atom is 0.423 e. The number of halogens is 3. The number of carbonyl (C=O) groups is 1. The largest absolute Gasteiger partial charge is 0.481 e. The molecule has 0 bridgehead atoms. The topological polar surface area (TPSA) is 75.3 Å². The smallest absolute Gasteiger partial charge is 0.423 e. The first-order valence-electron chi connectivity index (χ1n) is 4.60. The molecule has 0 aliphatic heterocycles. The molecule has 0 saturated heterocycles. The summed E-state index contributed by atoms with van der Waals surface area (Å²) < 4.78 is 39.2. The number of aromatic nitrogens is 2. The lowest BCUT2D eigenvalue weighted by atomic mass is 9.94. The second-order valence-electron chi connectivity index (χ2n) is 3.72. The van der Waals surface area contributed by atoms with Crippen molar-refractivity contribution in [3.63, 3.8) is 0 Å². The Morgan fingerprint density at radius 2 is 2.06 bits per heavy atom. The molecule has 1 unspecified atom stereocenters. The van der Waals surface area contributed by atoms with Crippen molar-refractivity contribution < 1.29 is 28.2 Å². The van der Waals surface area contributed by atoms with E-state index in [1.54, 1.807) is 0 Å². The highest BCUT2D eigenvalue weighted by Crippen LogP contribution is 2.41. The molecule has 0 saturated carbocycles. The van der Waals surface area contributed by atoms with E-state index in [9.17, 15) is 23.1 Å². The van der Waals surface area contributed by atoms with Crippen LogP contribution in [-0.4, -0.2) is 32.1 Å². The number of hydrogen-bond donors (Lipinski definition) is 2. The van der Waals surface area contributed by atoms with E-state index in [0.717, 1.165) is 10.7 Å². The van der Waals surface area contributed by atoms with Crippen molar-refractivity contribution >= 4 is 5.97 Å². The summed E-state index contributed by atoms with van der Waals surface area (Å²) in [5.41, 5.74) is -3.77. The Kier molecular flexibility index (Phi) is 3.19. The third-order valence-electron chi connectivity index (χ3n) is 2.30. The van der Waals surface area contributed by atoms with E-state index in [1.165, 1.54) is 14.0 Å². The molecule has 0 radical (unpaired) electrons. The summed E-state index contributed by atoms with van der Waals surface area (Å²) in [5.74, 6) is -1.75. The average Bonchev–Trinajstić information content (AvgIpc) is 2.42. The van der Waals surface area contributed by atoms with Gasteiger partial charge in [0, 0.05) is 7.05 Å². The van der Waals surface area contributed by atoms with Gasteiger partial charge >= 0.3 is 12.1 Å². The van der Waals surface area contributed by atoms with Crippen LogP contribution in [0.2, 0.25) is 0 Å². The molecule has 0 aliphatic rings. The Morgan fingerprint density at radius 3 is 2.35 bits per heavy atom. The van der Waals surface area contributed by atoms with Crippen LogP contribution >= 0.6 is 0 Å². The van der Waals surface area contributed by atoms with E-state index < -0.39 is 29.9 Å². The van der Waals surface area contributed by atoms with Crippen LogP contribution < -0.4 is 0 Å². The molecule has 1 heterocycles. The van der Waals surface area contributed by atoms with Gasteiger partial charge in [0.25, 0.3) is 0 Å². The Labute approximate surface area is 94.5 Å². The predicted octanol–water partition coefficient (Wildman–Crippen LogP) is 0.953. The molecular weight excluding hydrogens is 241 g/mol. The van der Waals surface area contributed by atoms with Crippen molar-refractivity contribution in [2.75, 3.05) is 0 Å². The molecule has 17 heavy (non-hydrogen) atoms. The fraction of sp³-hybridized carbons (Fsp3) is 0.556. The van der Waals surface area contributed by atoms with Crippen LogP contribution in [0, 0.1) is 6.92 Å². The second-order valence-corrected chi connectivity index (χ2v) is 3.72. The minimum Gasteiger partial charge on any atom is -0.481 e. The minimum atomic E-state index is -5.09. The summed E-state index contributed by atoms with van der Waals surface area (Å²) >= 11 is 0. The molecule has 1 aromatic rings. The van der Waals surface area contributed by atoms with Crippen LogP contribution in [0.5, 0.6) is 0 Å². The van der Waals surface area contributed by atoms with Gasteiger partial charge in [-0.3, -0.25) is 9.48 Å². The molecule has 0 fully saturated rings. The summed E-state index contributed by atoms with van der Waals surface area (Å²) in [6, 6.07) is 1.01. The van der Waals surface area contributed by atoms with Gasteiger partial charge in [0.15, 0.2) is 0 Å². The molecule has 5 nitrogen and oxygen atoms in total. The summed E-state index contributed by atoms with van der Waals surface area (Å²) in [4.78, 5) is 10.5. The molecule has 0 spiro atoms. The van der Waals surface area contributed by atoms with Crippen LogP contribution in [-0.2, 0) is 17.4 Å². The average molecular weight is 252 g/mol. The maximum atomic E-state index is 12.8. The fourth-order valence-corrected chi connectivity index (χ4v) is 1.55. The van der Waals surface area contributed by atoms with Crippen LogP contribution in [0.1, 0.15) is 17.8 Å². The fourth-order valence-electron chi connectivity index (χ4n) is 1.55. The van der Waals surface area contributed by atoms with Crippen molar-refractivity contribution in [1.82, 2.24) is 9.78 Å². The zero-order valence-electron chi connectivity index (χ0n) is 9.12. The Bertz CT molecular complexity index is 441. The van der Waals surface area contributed by atoms with Crippen molar-refractivity contribution in [3.05, 3.63) is 17.5 Å². The van der Waals surface area contributed by atoms with Gasteiger partial charge in [0.05, 0.1) is 17.8 Å². The molecule has 1 atom stereocenters. The quantitative estimate of drug-likeness (QED) is 0.839. The first-order chi connectivity index (χ1) is 7.58. The van der Waals surface area contributed by atoms with E-state index in [4.69, 9.17) is 5.11 Å². The molecule has 1 aromatic heterocycles. The first-order valence-corrected chi connectivity index (χ1v) is 4.60. The van der Waals surface area contributed by atoms with Gasteiger partial charge in [0.2, 0.25) is 5.60 Å². The van der Waals surface area contributed by atoms with Gasteiger partial charge < -0.3 is 10.2 Å². The van der Waals surface area contributed by atoms with Gasteiger partial charge in [-0.1, -0.05) is 0 Å². The van der Waals surface area contributed by atoms with Crippen molar-refractivity contribution in [1.29, 1.82) is 0 Å². The van der Waals surface area contributed by atoms with Crippen molar-refractivity contribution in [2.45, 2.75) is 25.1 Å². The summed E-state index contributed by atoms with van der Waals surface area (Å²) in [6.07, 6.45) is -6.55. The Morgan fingerprint density at radius 1 is 1.53 bits per heavy atom. The molecule has 0 aromatic carbocycles. The lowest BCUT2D eigenvalue weighted by Gasteiger charge is -2.28. The Balaban J connectivity index is 3.34. The molecule has 0 amide bonds. The number of carboxylic acid groups (broad SMARTS) is 1. The van der Waals surface area contributed by atoms with E-state index in [0.29, 0.717) is 0 Å². The first kappa shape index (κ1) is 13.5. The molecule has 2 N–H and O–H groups in total. The zero-order chi connectivity index (χ0) is 13.4. The van der Waals surface area contributed by atoms with Crippen LogP contribution in [0.25, 0.3) is 0 Å². The Hall–Kier alpha value is -1.57. The summed E-state index contributed by atoms with van der Waals surface area (Å²) in [5, 5.41) is 21.8. The number of carboxylic acids is 1. The molecule has 1 rings (SSSR count). The molecular formula is C9H11F3N2O3. The van der Waals surface area contributed by atoms with E-state index in [1.807, 2.05) is 0 Å². The van der Waals surface area contributed by atoms with Gasteiger partial charge in [-0.25, -0.2) is 0 Å². The normalized spacial score (nSPS) is 15.6. The summed E-state index contributed by atoms with van der Waals surface area (Å²) in [6.45, 7) is 1.45. The summed E-state index contributed by atoms with van der Waals surface area (Å²) in [7, 11) is 1.21. The maximum absolute atomic E-state index is 12.8. The number of aliphatic carboxylic acids is 1. The third kappa shape index (κ3) is 2.41. The third-order valence-corrected chi connectivity index (χ3v) is 2.30. The van der Waals surface area contributed by atoms with Gasteiger partial charge in [-0.05, 0) is 13.0 Å². The van der Waals surface area contributed by atoms with Gasteiger partial charge in [-0.2, -0.15) is 18.3 Å². The number of aryl methyl sites for hydroxylation is 2. The van der Waals surface area contributed by atoms with Crippen LogP contribution in [0.3, 0.4) is 0 Å². The van der Waals surface area contributed by atoms with Crippen molar-refractivity contribution in [2.24, 2.45) is 7.05 Å². The van der Waals surface area contributed by atoms with Crippen LogP contribution in [0.15, 0.2) is 6.07 Å². The monoisotopic (exact) mass is 252 g/mol. The number of alkyl halides is 3. The highest BCUT2D eigenvalue weighted by Gasteiger charge is 2.58. The van der Waals surface area contributed by atoms with E-state index in [2.05, 4.69) is 5.10 Å². The minimum absolute atomic E-state index is 0.260. The zero-order valence-corrected chi connectivity index (χ0v) is 9.12. The number of aliphatic hydroxyl groups is 1. The van der Waals surface area contributed by atoms with Crippen molar-refractivity contribution in [3.8, 4) is 0 Å². The SMILES string of the molecule is Cc1cc(C(O)(CC(=O)O)C(F)(F)F)n(C)n1. The lowest BCUT2D eigenvalue weighted by Crippen LogP contribution is -2.45. The van der Waals surface area contributed by atoms with Gasteiger partial charge in [-0.15, -0.1) is 0 Å². The number of nitrogens with zero attached hydrogens (tertiary/aromatic N) is 2. The standard InChI is InChI=1S/C9H11F3N2O3/c1-5-3-6(14(2)13-5)8(17,4-7(15)16)9(10,11)12/h3,17H,4H2,1-2H3,(H,15,16). The number of hydrogen-bond acceptors (Lipinski definition) is 3. The molecule has 8 heteroatoms. The second kappa shape index (κ2) is 4.02. The highest BCUT2D eigenvalue weighted by atomic mass is 19.4. The predicted molar refractivity (Wildman–Crippen MR) is 50.1 cm³/mol. The van der Waals surface area contributed by atoms with E-state index >= 15 is 0 Å². The molecule has 0 aliphatic carbocycles.